The molecule has 7 aromatic rings. The van der Waals surface area contributed by atoms with E-state index in [1.807, 2.05) is 36.5 Å². The Morgan fingerprint density at radius 2 is 1.26 bits per heavy atom. The van der Waals surface area contributed by atoms with Gasteiger partial charge in [-0.3, -0.25) is 4.99 Å². The third-order valence-electron chi connectivity index (χ3n) is 7.19. The number of fused-ring (bicyclic) bond motifs is 4. The molecule has 7 rings (SSSR count). The molecule has 0 bridgehead atoms. The van der Waals surface area contributed by atoms with Crippen LogP contribution in [-0.4, -0.2) is 6.21 Å². The number of para-hydroxylation sites is 1. The Balaban J connectivity index is 1.31. The van der Waals surface area contributed by atoms with Gasteiger partial charge in [0.15, 0.2) is 0 Å². The lowest BCUT2D eigenvalue weighted by Gasteiger charge is -2.16. The fourth-order valence-corrected chi connectivity index (χ4v) is 5.27. The van der Waals surface area contributed by atoms with E-state index in [1.165, 1.54) is 10.9 Å². The first kappa shape index (κ1) is 23.0. The van der Waals surface area contributed by atoms with E-state index in [0.29, 0.717) is 6.54 Å². The molecule has 39 heavy (non-hydrogen) atoms. The number of hydrogen-bond acceptors (Lipinski definition) is 3. The molecule has 186 valence electrons. The van der Waals surface area contributed by atoms with Crippen LogP contribution >= 0.6 is 0 Å². The summed E-state index contributed by atoms with van der Waals surface area (Å²) < 4.78 is 6.25. The molecular formula is C36H26N2O. The molecule has 1 N–H and O–H groups in total. The van der Waals surface area contributed by atoms with Gasteiger partial charge in [-0.1, -0.05) is 109 Å². The van der Waals surface area contributed by atoms with Crippen LogP contribution in [-0.2, 0) is 6.54 Å². The molecule has 0 aliphatic heterocycles. The van der Waals surface area contributed by atoms with E-state index in [1.54, 1.807) is 0 Å². The summed E-state index contributed by atoms with van der Waals surface area (Å²) in [5, 5.41) is 8.36. The first-order chi connectivity index (χ1) is 19.3. The van der Waals surface area contributed by atoms with Crippen molar-refractivity contribution in [2.24, 2.45) is 4.99 Å². The number of furan rings is 1. The van der Waals surface area contributed by atoms with Gasteiger partial charge in [0.2, 0.25) is 0 Å². The smallest absolute Gasteiger partial charge is 0.137 e. The van der Waals surface area contributed by atoms with Crippen molar-refractivity contribution < 1.29 is 4.42 Å². The van der Waals surface area contributed by atoms with Crippen molar-refractivity contribution in [2.75, 3.05) is 5.32 Å². The number of nitrogens with one attached hydrogen (secondary N) is 1. The normalized spacial score (nSPS) is 11.6. The highest BCUT2D eigenvalue weighted by molar-refractivity contribution is 6.09. The van der Waals surface area contributed by atoms with Crippen molar-refractivity contribution in [2.45, 2.75) is 6.54 Å². The van der Waals surface area contributed by atoms with Gasteiger partial charge < -0.3 is 9.73 Å². The van der Waals surface area contributed by atoms with Gasteiger partial charge in [-0.05, 0) is 40.3 Å². The lowest BCUT2D eigenvalue weighted by atomic mass is 9.99. The Kier molecular flexibility index (Phi) is 5.87. The second-order valence-electron chi connectivity index (χ2n) is 9.68. The van der Waals surface area contributed by atoms with Crippen LogP contribution in [0.25, 0.3) is 43.8 Å². The Labute approximate surface area is 227 Å². The zero-order valence-corrected chi connectivity index (χ0v) is 21.3. The van der Waals surface area contributed by atoms with Crippen LogP contribution in [0.15, 0.2) is 143 Å². The highest BCUT2D eigenvalue weighted by Gasteiger charge is 2.14. The summed E-state index contributed by atoms with van der Waals surface area (Å²) in [7, 11) is 0. The molecule has 0 saturated carbocycles. The summed E-state index contributed by atoms with van der Waals surface area (Å²) in [6, 6.07) is 46.2. The average molecular weight is 503 g/mol. The minimum Gasteiger partial charge on any atom is -0.456 e. The fourth-order valence-electron chi connectivity index (χ4n) is 5.27. The highest BCUT2D eigenvalue weighted by Crippen LogP contribution is 2.39. The summed E-state index contributed by atoms with van der Waals surface area (Å²) in [6.07, 6.45) is 1.94. The Morgan fingerprint density at radius 1 is 0.564 bits per heavy atom. The van der Waals surface area contributed by atoms with Gasteiger partial charge in [-0.2, -0.15) is 0 Å². The lowest BCUT2D eigenvalue weighted by molar-refractivity contribution is 0.669. The number of aliphatic imine (C=N–C) groups is 1. The maximum absolute atomic E-state index is 6.25. The predicted octanol–water partition coefficient (Wildman–Crippen LogP) is 9.77. The first-order valence-electron chi connectivity index (χ1n) is 13.2. The molecule has 0 unspecified atom stereocenters. The van der Waals surface area contributed by atoms with E-state index in [9.17, 15) is 0 Å². The van der Waals surface area contributed by atoms with Gasteiger partial charge in [0.1, 0.15) is 11.2 Å². The van der Waals surface area contributed by atoms with Crippen LogP contribution in [0.5, 0.6) is 0 Å². The summed E-state index contributed by atoms with van der Waals surface area (Å²) in [5.74, 6) is 0. The number of rotatable bonds is 6. The molecule has 1 aromatic heterocycles. The van der Waals surface area contributed by atoms with Crippen molar-refractivity contribution in [1.82, 2.24) is 0 Å². The van der Waals surface area contributed by atoms with Crippen LogP contribution in [0.1, 0.15) is 11.1 Å². The fraction of sp³-hybridized carbons (Fsp3) is 0.0278. The van der Waals surface area contributed by atoms with Crippen molar-refractivity contribution in [3.8, 4) is 11.1 Å². The van der Waals surface area contributed by atoms with Crippen LogP contribution < -0.4 is 5.32 Å². The van der Waals surface area contributed by atoms with Gasteiger partial charge in [-0.15, -0.1) is 0 Å². The summed E-state index contributed by atoms with van der Waals surface area (Å²) in [6.45, 7) is 0.621. The molecule has 0 aliphatic carbocycles. The van der Waals surface area contributed by atoms with E-state index < -0.39 is 0 Å². The highest BCUT2D eigenvalue weighted by atomic mass is 16.3. The Morgan fingerprint density at radius 3 is 2.08 bits per heavy atom. The quantitative estimate of drug-likeness (QED) is 0.230. The zero-order chi connectivity index (χ0) is 26.0. The molecule has 0 fully saturated rings. The van der Waals surface area contributed by atoms with Crippen LogP contribution in [0.4, 0.5) is 11.4 Å². The monoisotopic (exact) mass is 502 g/mol. The molecular weight excluding hydrogens is 476 g/mol. The molecule has 3 nitrogen and oxygen atoms in total. The number of benzene rings is 6. The van der Waals surface area contributed by atoms with Crippen LogP contribution in [0.3, 0.4) is 0 Å². The van der Waals surface area contributed by atoms with E-state index in [0.717, 1.165) is 55.4 Å². The van der Waals surface area contributed by atoms with E-state index in [-0.39, 0.29) is 0 Å². The van der Waals surface area contributed by atoms with E-state index in [2.05, 4.69) is 108 Å². The van der Waals surface area contributed by atoms with E-state index in [4.69, 9.17) is 9.41 Å². The van der Waals surface area contributed by atoms with Gasteiger partial charge in [-0.25, -0.2) is 0 Å². The van der Waals surface area contributed by atoms with Crippen molar-refractivity contribution in [1.29, 1.82) is 0 Å². The number of nitrogens with zero attached hydrogens (tertiary/aromatic N) is 1. The third-order valence-corrected chi connectivity index (χ3v) is 7.19. The van der Waals surface area contributed by atoms with Crippen molar-refractivity contribution in [3.05, 3.63) is 145 Å². The van der Waals surface area contributed by atoms with Crippen molar-refractivity contribution in [3.63, 3.8) is 0 Å². The molecule has 0 saturated heterocycles. The molecule has 0 radical (unpaired) electrons. The van der Waals surface area contributed by atoms with Gasteiger partial charge in [0.25, 0.3) is 0 Å². The maximum atomic E-state index is 6.25. The topological polar surface area (TPSA) is 37.5 Å². The molecule has 6 aromatic carbocycles. The Hall–Kier alpha value is -5.15. The van der Waals surface area contributed by atoms with Gasteiger partial charge in [0, 0.05) is 39.7 Å². The van der Waals surface area contributed by atoms with Gasteiger partial charge in [0.05, 0.1) is 12.2 Å². The Bertz CT molecular complexity index is 1950. The maximum Gasteiger partial charge on any atom is 0.137 e. The zero-order valence-electron chi connectivity index (χ0n) is 21.3. The molecule has 1 heterocycles. The molecule has 0 spiro atoms. The van der Waals surface area contributed by atoms with E-state index >= 15 is 0 Å². The molecule has 0 atom stereocenters. The number of anilines is 2. The minimum atomic E-state index is 0.621. The second-order valence-corrected chi connectivity index (χ2v) is 9.68. The summed E-state index contributed by atoms with van der Waals surface area (Å²) >= 11 is 0. The predicted molar refractivity (Wildman–Crippen MR) is 164 cm³/mol. The SMILES string of the molecule is C(=NCc1ccc(Nc2cc3oc4ccccc4c3cc2-c2ccccc2)c2ccccc12)c1ccccc1. The first-order valence-corrected chi connectivity index (χ1v) is 13.2. The minimum absolute atomic E-state index is 0.621. The van der Waals surface area contributed by atoms with Crippen molar-refractivity contribution >= 4 is 50.3 Å². The average Bonchev–Trinajstić information content (AvgIpc) is 3.36. The standard InChI is InChI=1S/C36H26N2O/c1-3-11-25(12-4-1)23-37-24-27-19-20-33(29-16-8-7-15-28(27)29)38-34-22-36-32(30-17-9-10-18-35(30)39-36)21-31(34)26-13-5-2-6-14-26/h1-23,38H,24H2. The lowest BCUT2D eigenvalue weighted by Crippen LogP contribution is -1.96. The summed E-state index contributed by atoms with van der Waals surface area (Å²) in [5.41, 5.74) is 8.42. The molecule has 0 aliphatic rings. The third kappa shape index (κ3) is 4.45. The molecule has 0 amide bonds. The number of hydrogen-bond donors (Lipinski definition) is 1. The second kappa shape index (κ2) is 9.96. The van der Waals surface area contributed by atoms with Gasteiger partial charge >= 0.3 is 0 Å². The summed E-state index contributed by atoms with van der Waals surface area (Å²) in [4.78, 5) is 4.73. The molecule has 3 heteroatoms. The van der Waals surface area contributed by atoms with Crippen LogP contribution in [0.2, 0.25) is 0 Å². The van der Waals surface area contributed by atoms with Crippen LogP contribution in [0, 0.1) is 0 Å². The largest absolute Gasteiger partial charge is 0.456 e.